The predicted molar refractivity (Wildman–Crippen MR) is 76.2 cm³/mol. The summed E-state index contributed by atoms with van der Waals surface area (Å²) in [5, 5.41) is 10.5. The van der Waals surface area contributed by atoms with Gasteiger partial charge in [-0.1, -0.05) is 46.3 Å². The molecule has 0 heterocycles. The van der Waals surface area contributed by atoms with E-state index in [0.717, 1.165) is 29.7 Å². The van der Waals surface area contributed by atoms with Crippen LogP contribution in [-0.4, -0.2) is 18.3 Å². The summed E-state index contributed by atoms with van der Waals surface area (Å²) in [6, 6.07) is 0. The minimum atomic E-state index is -0.483. The number of ether oxygens (including phenoxy) is 1. The molecule has 2 atom stereocenters. The summed E-state index contributed by atoms with van der Waals surface area (Å²) >= 11 is 0. The first-order chi connectivity index (χ1) is 8.31. The molecule has 0 bridgehead atoms. The molecule has 0 saturated heterocycles. The molecule has 0 aliphatic heterocycles. The van der Waals surface area contributed by atoms with Crippen LogP contribution in [0.25, 0.3) is 0 Å². The molecule has 1 N–H and O–H groups in total. The van der Waals surface area contributed by atoms with Crippen molar-refractivity contribution in [2.45, 2.75) is 46.6 Å². The Morgan fingerprint density at radius 1 is 1.44 bits per heavy atom. The van der Waals surface area contributed by atoms with Gasteiger partial charge in [-0.15, -0.1) is 0 Å². The quantitative estimate of drug-likeness (QED) is 0.768. The number of rotatable bonds is 4. The van der Waals surface area contributed by atoms with Gasteiger partial charge in [-0.05, 0) is 29.6 Å². The van der Waals surface area contributed by atoms with Crippen molar-refractivity contribution >= 4 is 0 Å². The normalized spacial score (nSPS) is 24.3. The predicted octanol–water partition coefficient (Wildman–Crippen LogP) is 3.84. The van der Waals surface area contributed by atoms with Crippen LogP contribution >= 0.6 is 0 Å². The van der Waals surface area contributed by atoms with Crippen LogP contribution in [0.2, 0.25) is 0 Å². The van der Waals surface area contributed by atoms with E-state index in [9.17, 15) is 5.11 Å². The zero-order valence-corrected chi connectivity index (χ0v) is 12.3. The van der Waals surface area contributed by atoms with E-state index in [-0.39, 0.29) is 11.3 Å². The van der Waals surface area contributed by atoms with Crippen molar-refractivity contribution in [2.24, 2.45) is 11.3 Å². The number of hydrogen-bond donors (Lipinski definition) is 1. The molecule has 0 amide bonds. The van der Waals surface area contributed by atoms with E-state index in [4.69, 9.17) is 4.74 Å². The molecule has 18 heavy (non-hydrogen) atoms. The first-order valence-corrected chi connectivity index (χ1v) is 6.64. The zero-order chi connectivity index (χ0) is 13.9. The van der Waals surface area contributed by atoms with Crippen molar-refractivity contribution in [3.05, 3.63) is 35.6 Å². The average molecular weight is 250 g/mol. The maximum Gasteiger partial charge on any atom is 0.115 e. The molecular formula is C16H26O2. The van der Waals surface area contributed by atoms with Crippen LogP contribution in [0.4, 0.5) is 0 Å². The van der Waals surface area contributed by atoms with Gasteiger partial charge in [0.1, 0.15) is 5.76 Å². The van der Waals surface area contributed by atoms with Crippen LogP contribution in [-0.2, 0) is 4.74 Å². The minimum Gasteiger partial charge on any atom is -0.497 e. The molecule has 0 saturated carbocycles. The van der Waals surface area contributed by atoms with Crippen LogP contribution in [0.5, 0.6) is 0 Å². The Labute approximate surface area is 111 Å². The summed E-state index contributed by atoms with van der Waals surface area (Å²) in [4.78, 5) is 0. The maximum atomic E-state index is 10.5. The Morgan fingerprint density at radius 2 is 2.06 bits per heavy atom. The molecule has 0 radical (unpaired) electrons. The Hall–Kier alpha value is -1.02. The van der Waals surface area contributed by atoms with Gasteiger partial charge in [-0.3, -0.25) is 0 Å². The van der Waals surface area contributed by atoms with E-state index in [2.05, 4.69) is 34.3 Å². The highest BCUT2D eigenvalue weighted by Gasteiger charge is 2.33. The highest BCUT2D eigenvalue weighted by molar-refractivity contribution is 5.36. The lowest BCUT2D eigenvalue weighted by Crippen LogP contribution is -2.32. The second-order valence-corrected chi connectivity index (χ2v) is 6.00. The fourth-order valence-corrected chi connectivity index (χ4v) is 2.36. The molecule has 1 aliphatic carbocycles. The Morgan fingerprint density at radius 3 is 2.50 bits per heavy atom. The van der Waals surface area contributed by atoms with Crippen LogP contribution in [0, 0.1) is 11.3 Å². The Balaban J connectivity index is 3.07. The fraction of sp³-hybridized carbons (Fsp3) is 0.625. The van der Waals surface area contributed by atoms with E-state index in [1.165, 1.54) is 0 Å². The van der Waals surface area contributed by atoms with E-state index < -0.39 is 6.10 Å². The molecule has 2 heteroatoms. The maximum absolute atomic E-state index is 10.5. The molecule has 2 nitrogen and oxygen atoms in total. The van der Waals surface area contributed by atoms with Gasteiger partial charge in [0.15, 0.2) is 0 Å². The second kappa shape index (κ2) is 5.75. The Bertz CT molecular complexity index is 369. The van der Waals surface area contributed by atoms with Crippen molar-refractivity contribution in [1.29, 1.82) is 0 Å². The standard InChI is InChI=1S/C16H26O2/c1-7-8-11(2)13-9-12(18-6)10-14(15(13)17)16(3,4)5/h9-10,13,15,17H,2,7-8H2,1,3-6H3. The van der Waals surface area contributed by atoms with Gasteiger partial charge in [0.25, 0.3) is 0 Å². The molecule has 0 aromatic carbocycles. The first-order valence-electron chi connectivity index (χ1n) is 6.64. The molecule has 1 rings (SSSR count). The third-order valence-corrected chi connectivity index (χ3v) is 3.44. The number of aliphatic hydroxyl groups excluding tert-OH is 1. The highest BCUT2D eigenvalue weighted by atomic mass is 16.5. The average Bonchev–Trinajstić information content (AvgIpc) is 2.28. The van der Waals surface area contributed by atoms with Crippen LogP contribution in [0.3, 0.4) is 0 Å². The minimum absolute atomic E-state index is 0.0286. The lowest BCUT2D eigenvalue weighted by Gasteiger charge is -2.35. The van der Waals surface area contributed by atoms with E-state index in [0.29, 0.717) is 0 Å². The van der Waals surface area contributed by atoms with Crippen molar-refractivity contribution in [1.82, 2.24) is 0 Å². The number of hydrogen-bond acceptors (Lipinski definition) is 2. The smallest absolute Gasteiger partial charge is 0.115 e. The molecule has 0 aromatic heterocycles. The van der Waals surface area contributed by atoms with Gasteiger partial charge in [-0.2, -0.15) is 0 Å². The van der Waals surface area contributed by atoms with Gasteiger partial charge < -0.3 is 9.84 Å². The van der Waals surface area contributed by atoms with E-state index in [1.54, 1.807) is 7.11 Å². The molecule has 102 valence electrons. The largest absolute Gasteiger partial charge is 0.497 e. The third-order valence-electron chi connectivity index (χ3n) is 3.44. The number of aliphatic hydroxyl groups is 1. The van der Waals surface area contributed by atoms with Crippen LogP contribution in [0.15, 0.2) is 35.6 Å². The third kappa shape index (κ3) is 3.26. The van der Waals surface area contributed by atoms with Crippen LogP contribution in [0.1, 0.15) is 40.5 Å². The van der Waals surface area contributed by atoms with Gasteiger partial charge in [0.05, 0.1) is 13.2 Å². The summed E-state index contributed by atoms with van der Waals surface area (Å²) in [5.41, 5.74) is 2.03. The number of allylic oxidation sites excluding steroid dienone is 1. The lowest BCUT2D eigenvalue weighted by atomic mass is 9.74. The number of methoxy groups -OCH3 is 1. The summed E-state index contributed by atoms with van der Waals surface area (Å²) < 4.78 is 5.36. The fourth-order valence-electron chi connectivity index (χ4n) is 2.36. The molecule has 0 spiro atoms. The van der Waals surface area contributed by atoms with Crippen LogP contribution < -0.4 is 0 Å². The highest BCUT2D eigenvalue weighted by Crippen LogP contribution is 2.38. The van der Waals surface area contributed by atoms with Crippen molar-refractivity contribution < 1.29 is 9.84 Å². The van der Waals surface area contributed by atoms with Crippen molar-refractivity contribution in [2.75, 3.05) is 7.11 Å². The van der Waals surface area contributed by atoms with E-state index >= 15 is 0 Å². The summed E-state index contributed by atoms with van der Waals surface area (Å²) in [7, 11) is 1.67. The van der Waals surface area contributed by atoms with E-state index in [1.807, 2.05) is 12.2 Å². The zero-order valence-electron chi connectivity index (χ0n) is 12.3. The first kappa shape index (κ1) is 15.0. The van der Waals surface area contributed by atoms with Gasteiger partial charge in [0.2, 0.25) is 0 Å². The topological polar surface area (TPSA) is 29.5 Å². The summed E-state index contributed by atoms with van der Waals surface area (Å²) in [6.45, 7) is 12.6. The molecule has 0 fully saturated rings. The summed E-state index contributed by atoms with van der Waals surface area (Å²) in [6.07, 6.45) is 5.44. The molecule has 2 unspecified atom stereocenters. The molecular weight excluding hydrogens is 224 g/mol. The van der Waals surface area contributed by atoms with Crippen molar-refractivity contribution in [3.8, 4) is 0 Å². The second-order valence-electron chi connectivity index (χ2n) is 6.00. The SMILES string of the molecule is C=C(CCC)C1C=C(OC)C=C(C(C)(C)C)C1O. The van der Waals surface area contributed by atoms with Gasteiger partial charge in [0, 0.05) is 5.92 Å². The van der Waals surface area contributed by atoms with Gasteiger partial charge in [-0.25, -0.2) is 0 Å². The molecule has 1 aliphatic rings. The summed E-state index contributed by atoms with van der Waals surface area (Å²) in [5.74, 6) is 0.798. The van der Waals surface area contributed by atoms with Crippen molar-refractivity contribution in [3.63, 3.8) is 0 Å². The van der Waals surface area contributed by atoms with Gasteiger partial charge >= 0.3 is 0 Å². The molecule has 0 aromatic rings. The monoisotopic (exact) mass is 250 g/mol. The lowest BCUT2D eigenvalue weighted by molar-refractivity contribution is 0.146. The Kier molecular flexibility index (Phi) is 4.80.